The molecule has 0 heterocycles. The zero-order chi connectivity index (χ0) is 22.8. The van der Waals surface area contributed by atoms with Crippen LogP contribution in [0.25, 0.3) is 0 Å². The monoisotopic (exact) mass is 450 g/mol. The van der Waals surface area contributed by atoms with E-state index in [1.807, 2.05) is 0 Å². The minimum Gasteiger partial charge on any atom is -0.490 e. The van der Waals surface area contributed by atoms with Crippen LogP contribution in [0.4, 0.5) is 8.78 Å². The Kier molecular flexibility index (Phi) is 10.8. The van der Waals surface area contributed by atoms with Crippen molar-refractivity contribution in [2.45, 2.75) is 103 Å². The van der Waals surface area contributed by atoms with Crippen molar-refractivity contribution in [3.05, 3.63) is 29.3 Å². The zero-order valence-electron chi connectivity index (χ0n) is 20.4. The molecular weight excluding hydrogens is 406 g/mol. The third-order valence-electron chi connectivity index (χ3n) is 8.04. The summed E-state index contributed by atoms with van der Waals surface area (Å²) in [5, 5.41) is 0. The SMILES string of the molecule is CCCC1CCC(C2CCC(c3ccc(OCCCCCCOC)c(F)c3F)CC2)CC1. The molecule has 0 aromatic heterocycles. The number of unbranched alkanes of at least 4 members (excludes halogenated alkanes) is 3. The Morgan fingerprint density at radius 1 is 0.781 bits per heavy atom. The summed E-state index contributed by atoms with van der Waals surface area (Å²) >= 11 is 0. The molecule has 2 saturated carbocycles. The minimum absolute atomic E-state index is 0.0562. The Hall–Kier alpha value is -1.16. The maximum Gasteiger partial charge on any atom is 0.200 e. The number of rotatable bonds is 12. The maximum atomic E-state index is 14.9. The lowest BCUT2D eigenvalue weighted by molar-refractivity contribution is 0.155. The summed E-state index contributed by atoms with van der Waals surface area (Å²) in [6, 6.07) is 3.41. The van der Waals surface area contributed by atoms with Crippen molar-refractivity contribution >= 4 is 0 Å². The van der Waals surface area contributed by atoms with Gasteiger partial charge in [0.1, 0.15) is 0 Å². The molecule has 2 aliphatic carbocycles. The van der Waals surface area contributed by atoms with E-state index in [2.05, 4.69) is 6.92 Å². The van der Waals surface area contributed by atoms with Crippen LogP contribution in [0.1, 0.15) is 108 Å². The van der Waals surface area contributed by atoms with Crippen molar-refractivity contribution in [1.82, 2.24) is 0 Å². The Morgan fingerprint density at radius 3 is 2.03 bits per heavy atom. The van der Waals surface area contributed by atoms with Crippen molar-refractivity contribution in [2.24, 2.45) is 17.8 Å². The van der Waals surface area contributed by atoms with Gasteiger partial charge in [-0.15, -0.1) is 0 Å². The molecule has 4 heteroatoms. The number of benzene rings is 1. The third-order valence-corrected chi connectivity index (χ3v) is 8.04. The third kappa shape index (κ3) is 7.17. The Morgan fingerprint density at radius 2 is 1.41 bits per heavy atom. The summed E-state index contributed by atoms with van der Waals surface area (Å²) in [6.45, 7) is 3.48. The van der Waals surface area contributed by atoms with Gasteiger partial charge < -0.3 is 9.47 Å². The molecule has 2 fully saturated rings. The highest BCUT2D eigenvalue weighted by atomic mass is 19.2. The molecule has 0 unspecified atom stereocenters. The molecule has 0 saturated heterocycles. The molecule has 3 rings (SSSR count). The van der Waals surface area contributed by atoms with Crippen LogP contribution < -0.4 is 4.74 Å². The summed E-state index contributed by atoms with van der Waals surface area (Å²) in [5.74, 6) is 1.29. The van der Waals surface area contributed by atoms with Crippen LogP contribution in [0.3, 0.4) is 0 Å². The van der Waals surface area contributed by atoms with E-state index >= 15 is 0 Å². The van der Waals surface area contributed by atoms with Gasteiger partial charge in [-0.1, -0.05) is 45.1 Å². The van der Waals surface area contributed by atoms with Crippen LogP contribution in [0.2, 0.25) is 0 Å². The molecule has 0 amide bonds. The molecule has 32 heavy (non-hydrogen) atoms. The summed E-state index contributed by atoms with van der Waals surface area (Å²) < 4.78 is 40.1. The van der Waals surface area contributed by atoms with E-state index in [0.29, 0.717) is 12.2 Å². The van der Waals surface area contributed by atoms with Gasteiger partial charge in [0.25, 0.3) is 0 Å². The Bertz CT molecular complexity index is 662. The smallest absolute Gasteiger partial charge is 0.200 e. The van der Waals surface area contributed by atoms with Gasteiger partial charge in [0.2, 0.25) is 5.82 Å². The average molecular weight is 451 g/mol. The van der Waals surface area contributed by atoms with E-state index in [0.717, 1.165) is 75.7 Å². The summed E-state index contributed by atoms with van der Waals surface area (Å²) in [7, 11) is 1.70. The highest BCUT2D eigenvalue weighted by Gasteiger charge is 2.32. The van der Waals surface area contributed by atoms with Crippen LogP contribution in [-0.4, -0.2) is 20.3 Å². The first-order valence-corrected chi connectivity index (χ1v) is 13.2. The zero-order valence-corrected chi connectivity index (χ0v) is 20.4. The molecule has 0 atom stereocenters. The standard InChI is InChI=1S/C28H44F2O2/c1-3-8-21-9-11-22(12-10-21)23-13-15-24(16-14-23)25-17-18-26(28(30)27(25)29)32-20-7-5-4-6-19-31-2/h17-18,21-24H,3-16,19-20H2,1-2H3. The molecule has 0 N–H and O–H groups in total. The van der Waals surface area contributed by atoms with E-state index in [9.17, 15) is 8.78 Å². The van der Waals surface area contributed by atoms with Gasteiger partial charge in [-0.3, -0.25) is 0 Å². The summed E-state index contributed by atoms with van der Waals surface area (Å²) in [5.41, 5.74) is 0.555. The average Bonchev–Trinajstić information content (AvgIpc) is 2.82. The molecular formula is C28H44F2O2. The second-order valence-electron chi connectivity index (χ2n) is 10.2. The largest absolute Gasteiger partial charge is 0.490 e. The van der Waals surface area contributed by atoms with Crippen LogP contribution in [-0.2, 0) is 4.74 Å². The van der Waals surface area contributed by atoms with Crippen molar-refractivity contribution in [3.8, 4) is 5.75 Å². The van der Waals surface area contributed by atoms with Crippen molar-refractivity contribution in [1.29, 1.82) is 0 Å². The van der Waals surface area contributed by atoms with Gasteiger partial charge in [-0.2, -0.15) is 4.39 Å². The van der Waals surface area contributed by atoms with Gasteiger partial charge in [-0.25, -0.2) is 4.39 Å². The first-order valence-electron chi connectivity index (χ1n) is 13.2. The number of hydrogen-bond donors (Lipinski definition) is 0. The number of hydrogen-bond acceptors (Lipinski definition) is 2. The Labute approximate surface area is 194 Å². The van der Waals surface area contributed by atoms with E-state index in [1.54, 1.807) is 19.2 Å². The van der Waals surface area contributed by atoms with E-state index < -0.39 is 11.6 Å². The van der Waals surface area contributed by atoms with Crippen LogP contribution in [0.5, 0.6) is 5.75 Å². The lowest BCUT2D eigenvalue weighted by Crippen LogP contribution is -2.25. The van der Waals surface area contributed by atoms with Gasteiger partial charge in [0.15, 0.2) is 11.6 Å². The van der Waals surface area contributed by atoms with Gasteiger partial charge in [0, 0.05) is 13.7 Å². The van der Waals surface area contributed by atoms with Gasteiger partial charge in [-0.05, 0) is 93.1 Å². The van der Waals surface area contributed by atoms with Crippen LogP contribution >= 0.6 is 0 Å². The molecule has 182 valence electrons. The number of halogens is 2. The molecule has 1 aromatic rings. The topological polar surface area (TPSA) is 18.5 Å². The number of methoxy groups -OCH3 is 1. The fraction of sp³-hybridized carbons (Fsp3) is 0.786. The molecule has 0 spiro atoms. The predicted molar refractivity (Wildman–Crippen MR) is 127 cm³/mol. The molecule has 0 aliphatic heterocycles. The Balaban J connectivity index is 1.44. The van der Waals surface area contributed by atoms with Gasteiger partial charge >= 0.3 is 0 Å². The molecule has 2 aliphatic rings. The highest BCUT2D eigenvalue weighted by molar-refractivity contribution is 5.33. The highest BCUT2D eigenvalue weighted by Crippen LogP contribution is 2.45. The molecule has 2 nitrogen and oxygen atoms in total. The summed E-state index contributed by atoms with van der Waals surface area (Å²) in [4.78, 5) is 0. The summed E-state index contributed by atoms with van der Waals surface area (Å²) in [6.07, 6.45) is 16.5. The van der Waals surface area contributed by atoms with Crippen molar-refractivity contribution < 1.29 is 18.3 Å². The molecule has 1 aromatic carbocycles. The lowest BCUT2D eigenvalue weighted by Gasteiger charge is -2.38. The van der Waals surface area contributed by atoms with E-state index in [-0.39, 0.29) is 11.7 Å². The first kappa shape index (κ1) is 25.5. The predicted octanol–water partition coefficient (Wildman–Crippen LogP) is 8.43. The molecule has 0 radical (unpaired) electrons. The second-order valence-corrected chi connectivity index (χ2v) is 10.2. The minimum atomic E-state index is -0.807. The van der Waals surface area contributed by atoms with Crippen molar-refractivity contribution in [3.63, 3.8) is 0 Å². The fourth-order valence-corrected chi connectivity index (χ4v) is 6.12. The molecule has 0 bridgehead atoms. The van der Waals surface area contributed by atoms with E-state index in [4.69, 9.17) is 9.47 Å². The van der Waals surface area contributed by atoms with Crippen LogP contribution in [0, 0.1) is 29.4 Å². The van der Waals surface area contributed by atoms with Crippen molar-refractivity contribution in [2.75, 3.05) is 20.3 Å². The lowest BCUT2D eigenvalue weighted by atomic mass is 9.68. The normalized spacial score (nSPS) is 26.2. The second kappa shape index (κ2) is 13.5. The fourth-order valence-electron chi connectivity index (χ4n) is 6.12. The first-order chi connectivity index (χ1) is 15.6. The quantitative estimate of drug-likeness (QED) is 0.297. The van der Waals surface area contributed by atoms with E-state index in [1.165, 1.54) is 38.5 Å². The number of ether oxygens (including phenoxy) is 2. The van der Waals surface area contributed by atoms with Gasteiger partial charge in [0.05, 0.1) is 6.61 Å². The van der Waals surface area contributed by atoms with Crippen LogP contribution in [0.15, 0.2) is 12.1 Å². The maximum absolute atomic E-state index is 14.9.